The first kappa shape index (κ1) is 18.3. The van der Waals surface area contributed by atoms with Crippen molar-refractivity contribution < 1.29 is 19.1 Å². The first-order chi connectivity index (χ1) is 13.7. The zero-order valence-electron chi connectivity index (χ0n) is 15.6. The molecule has 3 heterocycles. The minimum absolute atomic E-state index is 0.0204. The molecule has 7 heteroatoms. The standard InChI is InChI=1S/C21H23N3O4/c25-20-7-5-16(13-24(20)10-8-17-3-1-2-9-22-17)21(26)23-12-15-4-6-18-19(11-15)28-14-27-18/h1-4,6,9,11,16H,5,7-8,10,12-14H2,(H,23,26)/t16-/m0/s1. The van der Waals surface area contributed by atoms with Crippen LogP contribution in [0.5, 0.6) is 11.5 Å². The van der Waals surface area contributed by atoms with E-state index in [0.29, 0.717) is 44.6 Å². The van der Waals surface area contributed by atoms with Gasteiger partial charge in [0.2, 0.25) is 18.6 Å². The van der Waals surface area contributed by atoms with Crippen LogP contribution in [0.2, 0.25) is 0 Å². The summed E-state index contributed by atoms with van der Waals surface area (Å²) >= 11 is 0. The van der Waals surface area contributed by atoms with Gasteiger partial charge in [-0.05, 0) is 36.2 Å². The Morgan fingerprint density at radius 1 is 1.21 bits per heavy atom. The van der Waals surface area contributed by atoms with Gasteiger partial charge in [0, 0.05) is 44.4 Å². The summed E-state index contributed by atoms with van der Waals surface area (Å²) in [5.41, 5.74) is 1.90. The van der Waals surface area contributed by atoms with Gasteiger partial charge in [-0.2, -0.15) is 0 Å². The van der Waals surface area contributed by atoms with Gasteiger partial charge in [-0.25, -0.2) is 0 Å². The second kappa shape index (κ2) is 8.29. The molecule has 0 unspecified atom stereocenters. The largest absolute Gasteiger partial charge is 0.454 e. The fraction of sp³-hybridized carbons (Fsp3) is 0.381. The molecule has 7 nitrogen and oxygen atoms in total. The molecule has 0 bridgehead atoms. The number of carbonyl (C=O) groups is 2. The van der Waals surface area contributed by atoms with E-state index in [1.54, 1.807) is 11.1 Å². The van der Waals surface area contributed by atoms with Crippen molar-refractivity contribution in [3.05, 3.63) is 53.9 Å². The normalized spacial score (nSPS) is 18.2. The third-order valence-corrected chi connectivity index (χ3v) is 5.14. The molecule has 4 rings (SSSR count). The Bertz CT molecular complexity index is 856. The topological polar surface area (TPSA) is 80.8 Å². The van der Waals surface area contributed by atoms with Gasteiger partial charge < -0.3 is 19.7 Å². The molecule has 2 aliphatic heterocycles. The molecule has 2 aliphatic rings. The number of hydrogen-bond donors (Lipinski definition) is 1. The number of amides is 2. The number of rotatable bonds is 6. The highest BCUT2D eigenvalue weighted by Gasteiger charge is 2.30. The Morgan fingerprint density at radius 3 is 2.96 bits per heavy atom. The number of piperidine rings is 1. The van der Waals surface area contributed by atoms with Crippen LogP contribution in [-0.2, 0) is 22.6 Å². The molecule has 146 valence electrons. The summed E-state index contributed by atoms with van der Waals surface area (Å²) < 4.78 is 10.7. The molecule has 0 saturated carbocycles. The fourth-order valence-electron chi connectivity index (χ4n) is 3.52. The quantitative estimate of drug-likeness (QED) is 0.827. The molecular weight excluding hydrogens is 358 g/mol. The van der Waals surface area contributed by atoms with Gasteiger partial charge in [0.25, 0.3) is 0 Å². The van der Waals surface area contributed by atoms with E-state index in [-0.39, 0.29) is 24.5 Å². The Kier molecular flexibility index (Phi) is 5.41. The maximum atomic E-state index is 12.6. The SMILES string of the molecule is O=C(NCc1ccc2c(c1)OCO2)[C@H]1CCC(=O)N(CCc2ccccn2)C1. The molecule has 0 aliphatic carbocycles. The van der Waals surface area contributed by atoms with E-state index in [4.69, 9.17) is 9.47 Å². The van der Waals surface area contributed by atoms with Crippen LogP contribution in [0, 0.1) is 5.92 Å². The van der Waals surface area contributed by atoms with Crippen LogP contribution in [0.25, 0.3) is 0 Å². The van der Waals surface area contributed by atoms with E-state index in [1.165, 1.54) is 0 Å². The number of nitrogens with one attached hydrogen (secondary N) is 1. The lowest BCUT2D eigenvalue weighted by Crippen LogP contribution is -2.46. The summed E-state index contributed by atoms with van der Waals surface area (Å²) in [7, 11) is 0. The van der Waals surface area contributed by atoms with Crippen molar-refractivity contribution in [1.82, 2.24) is 15.2 Å². The Labute approximate surface area is 163 Å². The number of carbonyl (C=O) groups excluding carboxylic acids is 2. The van der Waals surface area contributed by atoms with E-state index in [1.807, 2.05) is 36.4 Å². The molecule has 0 radical (unpaired) electrons. The summed E-state index contributed by atoms with van der Waals surface area (Å²) in [6.45, 7) is 1.70. The number of ether oxygens (including phenoxy) is 2. The zero-order valence-corrected chi connectivity index (χ0v) is 15.6. The number of fused-ring (bicyclic) bond motifs is 1. The summed E-state index contributed by atoms with van der Waals surface area (Å²) in [5, 5.41) is 2.98. The summed E-state index contributed by atoms with van der Waals surface area (Å²) in [6.07, 6.45) is 3.44. The highest BCUT2D eigenvalue weighted by atomic mass is 16.7. The van der Waals surface area contributed by atoms with Crippen molar-refractivity contribution in [2.45, 2.75) is 25.8 Å². The monoisotopic (exact) mass is 381 g/mol. The van der Waals surface area contributed by atoms with Crippen LogP contribution >= 0.6 is 0 Å². The lowest BCUT2D eigenvalue weighted by Gasteiger charge is -2.32. The van der Waals surface area contributed by atoms with Crippen molar-refractivity contribution >= 4 is 11.8 Å². The predicted octanol–water partition coefficient (Wildman–Crippen LogP) is 1.91. The zero-order chi connectivity index (χ0) is 19.3. The Morgan fingerprint density at radius 2 is 2.11 bits per heavy atom. The number of aromatic nitrogens is 1. The Hall–Kier alpha value is -3.09. The number of likely N-dealkylation sites (tertiary alicyclic amines) is 1. The smallest absolute Gasteiger partial charge is 0.231 e. The number of pyridine rings is 1. The molecule has 2 amide bonds. The molecule has 0 spiro atoms. The van der Waals surface area contributed by atoms with Gasteiger partial charge in [-0.3, -0.25) is 14.6 Å². The van der Waals surface area contributed by atoms with E-state index in [0.717, 1.165) is 17.0 Å². The third-order valence-electron chi connectivity index (χ3n) is 5.14. The van der Waals surface area contributed by atoms with Gasteiger partial charge in [0.15, 0.2) is 11.5 Å². The summed E-state index contributed by atoms with van der Waals surface area (Å²) in [5.74, 6) is 1.33. The van der Waals surface area contributed by atoms with Crippen LogP contribution in [0.1, 0.15) is 24.1 Å². The fourth-order valence-corrected chi connectivity index (χ4v) is 3.52. The highest BCUT2D eigenvalue weighted by Crippen LogP contribution is 2.32. The first-order valence-electron chi connectivity index (χ1n) is 9.53. The summed E-state index contributed by atoms with van der Waals surface area (Å²) in [6, 6.07) is 11.4. The molecule has 2 aromatic rings. The molecule has 1 saturated heterocycles. The minimum Gasteiger partial charge on any atom is -0.454 e. The van der Waals surface area contributed by atoms with E-state index >= 15 is 0 Å². The van der Waals surface area contributed by atoms with Gasteiger partial charge in [-0.15, -0.1) is 0 Å². The van der Waals surface area contributed by atoms with Crippen LogP contribution in [-0.4, -0.2) is 41.6 Å². The first-order valence-corrected chi connectivity index (χ1v) is 9.53. The molecule has 28 heavy (non-hydrogen) atoms. The van der Waals surface area contributed by atoms with Crippen LogP contribution in [0.4, 0.5) is 0 Å². The lowest BCUT2D eigenvalue weighted by molar-refractivity contribution is -0.138. The predicted molar refractivity (Wildman–Crippen MR) is 102 cm³/mol. The maximum Gasteiger partial charge on any atom is 0.231 e. The molecule has 1 aromatic carbocycles. The van der Waals surface area contributed by atoms with Crippen LogP contribution < -0.4 is 14.8 Å². The van der Waals surface area contributed by atoms with Gasteiger partial charge in [-0.1, -0.05) is 12.1 Å². The second-order valence-corrected chi connectivity index (χ2v) is 7.05. The molecule has 1 fully saturated rings. The average molecular weight is 381 g/mol. The second-order valence-electron chi connectivity index (χ2n) is 7.05. The van der Waals surface area contributed by atoms with Crippen LogP contribution in [0.15, 0.2) is 42.6 Å². The van der Waals surface area contributed by atoms with Crippen molar-refractivity contribution in [3.63, 3.8) is 0 Å². The number of benzene rings is 1. The molecule has 1 aromatic heterocycles. The number of nitrogens with zero attached hydrogens (tertiary/aromatic N) is 2. The summed E-state index contributed by atoms with van der Waals surface area (Å²) in [4.78, 5) is 30.9. The van der Waals surface area contributed by atoms with E-state index in [2.05, 4.69) is 10.3 Å². The van der Waals surface area contributed by atoms with Gasteiger partial charge in [0.05, 0.1) is 5.92 Å². The Balaban J connectivity index is 1.29. The third kappa shape index (κ3) is 4.24. The average Bonchev–Trinajstić information content (AvgIpc) is 3.20. The molecule has 1 atom stereocenters. The van der Waals surface area contributed by atoms with Gasteiger partial charge in [0.1, 0.15) is 0 Å². The van der Waals surface area contributed by atoms with Crippen LogP contribution in [0.3, 0.4) is 0 Å². The van der Waals surface area contributed by atoms with Crippen molar-refractivity contribution in [3.8, 4) is 11.5 Å². The lowest BCUT2D eigenvalue weighted by atomic mass is 9.96. The van der Waals surface area contributed by atoms with Crippen molar-refractivity contribution in [1.29, 1.82) is 0 Å². The van der Waals surface area contributed by atoms with Crippen molar-refractivity contribution in [2.75, 3.05) is 19.9 Å². The van der Waals surface area contributed by atoms with Gasteiger partial charge >= 0.3 is 0 Å². The van der Waals surface area contributed by atoms with E-state index in [9.17, 15) is 9.59 Å². The molecular formula is C21H23N3O4. The van der Waals surface area contributed by atoms with Crippen molar-refractivity contribution in [2.24, 2.45) is 5.92 Å². The number of hydrogen-bond acceptors (Lipinski definition) is 5. The highest BCUT2D eigenvalue weighted by molar-refractivity contribution is 5.83. The van der Waals surface area contributed by atoms with E-state index < -0.39 is 0 Å². The molecule has 1 N–H and O–H groups in total. The maximum absolute atomic E-state index is 12.6. The minimum atomic E-state index is -0.185.